The predicted molar refractivity (Wildman–Crippen MR) is 126 cm³/mol. The van der Waals surface area contributed by atoms with E-state index in [1.165, 1.54) is 0 Å². The van der Waals surface area contributed by atoms with E-state index in [0.29, 0.717) is 24.5 Å². The Morgan fingerprint density at radius 1 is 1.24 bits per heavy atom. The lowest BCUT2D eigenvalue weighted by molar-refractivity contribution is -0.154. The number of hydrogen-bond donors (Lipinski definition) is 0. The lowest BCUT2D eigenvalue weighted by Gasteiger charge is -2.42. The van der Waals surface area contributed by atoms with Crippen molar-refractivity contribution in [2.45, 2.75) is 51.7 Å². The van der Waals surface area contributed by atoms with Crippen molar-refractivity contribution >= 4 is 11.7 Å². The van der Waals surface area contributed by atoms with E-state index in [-0.39, 0.29) is 18.6 Å². The van der Waals surface area contributed by atoms with Gasteiger partial charge in [0, 0.05) is 43.6 Å². The molecule has 0 aliphatic heterocycles. The minimum Gasteiger partial charge on any atom is -0.481 e. The highest BCUT2D eigenvalue weighted by Gasteiger charge is 2.43. The number of rotatable bonds is 11. The van der Waals surface area contributed by atoms with Crippen molar-refractivity contribution in [1.82, 2.24) is 14.9 Å². The van der Waals surface area contributed by atoms with Crippen molar-refractivity contribution in [3.8, 4) is 11.9 Å². The third kappa shape index (κ3) is 5.42. The third-order valence-corrected chi connectivity index (χ3v) is 6.35. The number of likely N-dealkylation sites (N-methyl/N-ethyl adjacent to an activating group) is 2. The second kappa shape index (κ2) is 11.1. The molecule has 0 radical (unpaired) electrons. The molecule has 176 valence electrons. The van der Waals surface area contributed by atoms with Gasteiger partial charge >= 0.3 is 0 Å². The predicted octanol–water partition coefficient (Wildman–Crippen LogP) is 3.52. The van der Waals surface area contributed by atoms with E-state index < -0.39 is 5.60 Å². The van der Waals surface area contributed by atoms with Crippen LogP contribution in [0.25, 0.3) is 0 Å². The Morgan fingerprint density at radius 3 is 2.58 bits per heavy atom. The molecule has 0 bridgehead atoms. The molecule has 2 aromatic rings. The van der Waals surface area contributed by atoms with Gasteiger partial charge in [0.15, 0.2) is 0 Å². The molecule has 1 atom stereocenters. The van der Waals surface area contributed by atoms with Crippen LogP contribution >= 0.6 is 0 Å². The number of nitriles is 1. The fourth-order valence-electron chi connectivity index (χ4n) is 4.33. The number of nitrogens with zero attached hydrogens (tertiary/aromatic N) is 5. The average molecular weight is 452 g/mol. The zero-order valence-electron chi connectivity index (χ0n) is 20.0. The van der Waals surface area contributed by atoms with E-state index in [4.69, 9.17) is 14.7 Å². The number of carbonyl (C=O) groups is 1. The third-order valence-electron chi connectivity index (χ3n) is 6.35. The number of methoxy groups -OCH3 is 1. The summed E-state index contributed by atoms with van der Waals surface area (Å²) in [5.74, 6) is 1.31. The van der Waals surface area contributed by atoms with E-state index in [1.807, 2.05) is 30.0 Å². The van der Waals surface area contributed by atoms with Gasteiger partial charge in [0.25, 0.3) is 0 Å². The van der Waals surface area contributed by atoms with Crippen LogP contribution in [0.15, 0.2) is 36.7 Å². The molecule has 8 heteroatoms. The van der Waals surface area contributed by atoms with Gasteiger partial charge in [-0.2, -0.15) is 5.26 Å². The standard InChI is InChI=1S/C25H33N5O3/c1-5-29(17-19(3)30(6-2)22-11-10-20(15-26)16-28-22)23(31)18-33-25(12-8-13-25)21-9-7-14-27-24(21)32-4/h7,9-11,14,16,19H,5-6,8,12-13,17-18H2,1-4H3. The van der Waals surface area contributed by atoms with Crippen LogP contribution in [0.5, 0.6) is 5.88 Å². The molecule has 2 heterocycles. The first-order chi connectivity index (χ1) is 16.0. The maximum absolute atomic E-state index is 13.1. The molecule has 0 N–H and O–H groups in total. The summed E-state index contributed by atoms with van der Waals surface area (Å²) in [6.45, 7) is 8.01. The van der Waals surface area contributed by atoms with Gasteiger partial charge in [-0.25, -0.2) is 9.97 Å². The van der Waals surface area contributed by atoms with E-state index in [2.05, 4.69) is 34.8 Å². The van der Waals surface area contributed by atoms with Crippen LogP contribution in [-0.2, 0) is 15.1 Å². The Kier molecular flexibility index (Phi) is 8.23. The molecule has 33 heavy (non-hydrogen) atoms. The first kappa shape index (κ1) is 24.5. The zero-order valence-corrected chi connectivity index (χ0v) is 20.0. The summed E-state index contributed by atoms with van der Waals surface area (Å²) in [6.07, 6.45) is 6.01. The Bertz CT molecular complexity index is 969. The summed E-state index contributed by atoms with van der Waals surface area (Å²) in [7, 11) is 1.60. The Morgan fingerprint density at radius 2 is 2.03 bits per heavy atom. The van der Waals surface area contributed by atoms with Crippen LogP contribution in [0.4, 0.5) is 5.82 Å². The van der Waals surface area contributed by atoms with Crippen LogP contribution < -0.4 is 9.64 Å². The Balaban J connectivity index is 1.65. The minimum absolute atomic E-state index is 0.0137. The maximum Gasteiger partial charge on any atom is 0.248 e. The smallest absolute Gasteiger partial charge is 0.248 e. The number of pyridine rings is 2. The largest absolute Gasteiger partial charge is 0.481 e. The molecule has 1 fully saturated rings. The fraction of sp³-hybridized carbons (Fsp3) is 0.520. The molecular formula is C25H33N5O3. The van der Waals surface area contributed by atoms with Crippen molar-refractivity contribution in [3.63, 3.8) is 0 Å². The minimum atomic E-state index is -0.512. The van der Waals surface area contributed by atoms with Gasteiger partial charge in [-0.3, -0.25) is 4.79 Å². The number of aromatic nitrogens is 2. The molecule has 1 aliphatic carbocycles. The van der Waals surface area contributed by atoms with Gasteiger partial charge < -0.3 is 19.3 Å². The van der Waals surface area contributed by atoms with Gasteiger partial charge in [0.05, 0.1) is 18.3 Å². The highest BCUT2D eigenvalue weighted by molar-refractivity contribution is 5.77. The number of amides is 1. The van der Waals surface area contributed by atoms with Crippen molar-refractivity contribution < 1.29 is 14.3 Å². The van der Waals surface area contributed by atoms with Crippen LogP contribution in [0.1, 0.15) is 51.2 Å². The van der Waals surface area contributed by atoms with Crippen molar-refractivity contribution in [2.75, 3.05) is 38.3 Å². The molecule has 0 aromatic carbocycles. The zero-order chi connectivity index (χ0) is 23.8. The van der Waals surface area contributed by atoms with Crippen LogP contribution in [0.2, 0.25) is 0 Å². The van der Waals surface area contributed by atoms with E-state index >= 15 is 0 Å². The first-order valence-electron chi connectivity index (χ1n) is 11.5. The SMILES string of the molecule is CCN(CC(C)N(CC)c1ccc(C#N)cn1)C(=O)COC1(c2cccnc2OC)CCC1. The van der Waals surface area contributed by atoms with E-state index in [0.717, 1.165) is 37.2 Å². The van der Waals surface area contributed by atoms with Gasteiger partial charge in [0.1, 0.15) is 18.5 Å². The lowest BCUT2D eigenvalue weighted by atomic mass is 9.75. The highest BCUT2D eigenvalue weighted by atomic mass is 16.5. The molecule has 1 amide bonds. The molecule has 0 spiro atoms. The number of anilines is 1. The normalized spacial score (nSPS) is 15.1. The summed E-state index contributed by atoms with van der Waals surface area (Å²) >= 11 is 0. The first-order valence-corrected chi connectivity index (χ1v) is 11.5. The van der Waals surface area contributed by atoms with Gasteiger partial charge in [-0.1, -0.05) is 0 Å². The molecule has 1 saturated carbocycles. The topological polar surface area (TPSA) is 91.6 Å². The molecule has 3 rings (SSSR count). The molecule has 0 saturated heterocycles. The molecule has 2 aromatic heterocycles. The van der Waals surface area contributed by atoms with Gasteiger partial charge in [-0.15, -0.1) is 0 Å². The fourth-order valence-corrected chi connectivity index (χ4v) is 4.33. The van der Waals surface area contributed by atoms with Crippen molar-refractivity contribution in [3.05, 3.63) is 47.8 Å². The quantitative estimate of drug-likeness (QED) is 0.516. The average Bonchev–Trinajstić information content (AvgIpc) is 2.82. The van der Waals surface area contributed by atoms with E-state index in [1.54, 1.807) is 25.6 Å². The Labute approximate surface area is 196 Å². The molecule has 1 aliphatic rings. The van der Waals surface area contributed by atoms with E-state index in [9.17, 15) is 4.79 Å². The lowest BCUT2D eigenvalue weighted by Crippen LogP contribution is -2.47. The molecular weight excluding hydrogens is 418 g/mol. The van der Waals surface area contributed by atoms with Crippen LogP contribution in [-0.4, -0.2) is 60.2 Å². The summed E-state index contributed by atoms with van der Waals surface area (Å²) in [5, 5.41) is 9.01. The summed E-state index contributed by atoms with van der Waals surface area (Å²) in [6, 6.07) is 9.60. The summed E-state index contributed by atoms with van der Waals surface area (Å²) in [4.78, 5) is 25.8. The van der Waals surface area contributed by atoms with Gasteiger partial charge in [0.2, 0.25) is 11.8 Å². The second-order valence-corrected chi connectivity index (χ2v) is 8.28. The van der Waals surface area contributed by atoms with Crippen molar-refractivity contribution in [1.29, 1.82) is 5.26 Å². The monoisotopic (exact) mass is 451 g/mol. The van der Waals surface area contributed by atoms with Crippen LogP contribution in [0, 0.1) is 11.3 Å². The van der Waals surface area contributed by atoms with Crippen molar-refractivity contribution in [2.24, 2.45) is 0 Å². The second-order valence-electron chi connectivity index (χ2n) is 8.28. The van der Waals surface area contributed by atoms with Crippen LogP contribution in [0.3, 0.4) is 0 Å². The molecule has 1 unspecified atom stereocenters. The van der Waals surface area contributed by atoms with Gasteiger partial charge in [-0.05, 0) is 64.3 Å². The number of hydrogen-bond acceptors (Lipinski definition) is 7. The Hall–Kier alpha value is -3.18. The number of carbonyl (C=O) groups excluding carboxylic acids is 1. The summed E-state index contributed by atoms with van der Waals surface area (Å²) < 4.78 is 11.7. The maximum atomic E-state index is 13.1. The summed E-state index contributed by atoms with van der Waals surface area (Å²) in [5.41, 5.74) is 0.925. The number of ether oxygens (including phenoxy) is 2. The molecule has 8 nitrogen and oxygen atoms in total. The highest BCUT2D eigenvalue weighted by Crippen LogP contribution is 2.47.